The zero-order chi connectivity index (χ0) is 23.2. The maximum Gasteiger partial charge on any atom is 0.309 e. The number of nitrogens with zero attached hydrogens (tertiary/aromatic N) is 1. The number of aliphatic carboxylic acids is 1. The van der Waals surface area contributed by atoms with Gasteiger partial charge in [-0.05, 0) is 68.1 Å². The maximum absolute atomic E-state index is 13.6. The van der Waals surface area contributed by atoms with Gasteiger partial charge in [-0.25, -0.2) is 0 Å². The van der Waals surface area contributed by atoms with Crippen LogP contribution in [-0.4, -0.2) is 46.0 Å². The summed E-state index contributed by atoms with van der Waals surface area (Å²) < 4.78 is 0. The first-order valence-electron chi connectivity index (χ1n) is 12.4. The standard InChI is InChI=1S/C26H37NO5/c1-14(2)16-13-26-9-6-17-24(3,7-5-8-25(17,4)23(31)32)18(26)12-15(16)19-20(26)22(30)27(10-11-28)21(19)29/h13-15,17-20,28H,5-12H2,1-4H3,(H,31,32)/t15-,17+,18-,19-,20+,24+,25-,26+/m1/s1. The lowest BCUT2D eigenvalue weighted by molar-refractivity contribution is -0.194. The second-order valence-electron chi connectivity index (χ2n) is 12.0. The lowest BCUT2D eigenvalue weighted by Gasteiger charge is -2.68. The molecule has 6 heteroatoms. The lowest BCUT2D eigenvalue weighted by Crippen LogP contribution is -2.65. The van der Waals surface area contributed by atoms with E-state index in [9.17, 15) is 24.6 Å². The molecule has 1 aliphatic heterocycles. The van der Waals surface area contributed by atoms with Crippen LogP contribution in [0.15, 0.2) is 11.6 Å². The molecule has 0 unspecified atom stereocenters. The monoisotopic (exact) mass is 443 g/mol. The molecule has 3 saturated carbocycles. The maximum atomic E-state index is 13.6. The number of β-amino-alcohol motifs (C(OH)–C–C–N with tert-alkyl or cyclic N) is 1. The summed E-state index contributed by atoms with van der Waals surface area (Å²) in [5.41, 5.74) is 0.0547. The number of allylic oxidation sites excluding steroid dienone is 2. The van der Waals surface area contributed by atoms with Crippen LogP contribution in [0.25, 0.3) is 0 Å². The first kappa shape index (κ1) is 22.1. The topological polar surface area (TPSA) is 94.9 Å². The first-order chi connectivity index (χ1) is 15.0. The summed E-state index contributed by atoms with van der Waals surface area (Å²) in [6.07, 6.45) is 7.42. The fraction of sp³-hybridized carbons (Fsp3) is 0.808. The van der Waals surface area contributed by atoms with Crippen LogP contribution in [0.1, 0.15) is 66.2 Å². The molecule has 0 aromatic heterocycles. The van der Waals surface area contributed by atoms with E-state index in [1.807, 2.05) is 6.92 Å². The highest BCUT2D eigenvalue weighted by atomic mass is 16.4. The third kappa shape index (κ3) is 2.48. The number of carbonyl (C=O) groups excluding carboxylic acids is 2. The summed E-state index contributed by atoms with van der Waals surface area (Å²) in [5, 5.41) is 19.7. The number of imide groups is 1. The fourth-order valence-corrected chi connectivity index (χ4v) is 9.34. The molecule has 6 aliphatic rings. The fourth-order valence-electron chi connectivity index (χ4n) is 9.34. The van der Waals surface area contributed by atoms with Crippen molar-refractivity contribution < 1.29 is 24.6 Å². The van der Waals surface area contributed by atoms with Crippen LogP contribution >= 0.6 is 0 Å². The second-order valence-corrected chi connectivity index (χ2v) is 12.0. The molecule has 176 valence electrons. The highest BCUT2D eigenvalue weighted by Gasteiger charge is 2.73. The Balaban J connectivity index is 1.65. The van der Waals surface area contributed by atoms with Gasteiger partial charge in [0.25, 0.3) is 0 Å². The minimum absolute atomic E-state index is 0.0422. The van der Waals surface area contributed by atoms with Gasteiger partial charge in [0.15, 0.2) is 0 Å². The highest BCUT2D eigenvalue weighted by Crippen LogP contribution is 2.74. The molecule has 1 saturated heterocycles. The Morgan fingerprint density at radius 3 is 2.50 bits per heavy atom. The van der Waals surface area contributed by atoms with Gasteiger partial charge >= 0.3 is 5.97 Å². The van der Waals surface area contributed by atoms with Gasteiger partial charge in [0.1, 0.15) is 0 Å². The molecule has 8 atom stereocenters. The van der Waals surface area contributed by atoms with Gasteiger partial charge in [-0.3, -0.25) is 19.3 Å². The van der Waals surface area contributed by atoms with Crippen molar-refractivity contribution >= 4 is 17.8 Å². The molecule has 5 aliphatic carbocycles. The van der Waals surface area contributed by atoms with E-state index in [0.29, 0.717) is 12.3 Å². The lowest BCUT2D eigenvalue weighted by atomic mass is 9.34. The number of aliphatic hydroxyl groups excluding tert-OH is 1. The average Bonchev–Trinajstić information content (AvgIpc) is 3.00. The second kappa shape index (κ2) is 6.91. The summed E-state index contributed by atoms with van der Waals surface area (Å²) in [4.78, 5) is 40.7. The van der Waals surface area contributed by atoms with E-state index in [1.54, 1.807) is 0 Å². The molecule has 2 amide bonds. The predicted octanol–water partition coefficient (Wildman–Crippen LogP) is 3.49. The normalized spacial score (nSPS) is 47.2. The molecule has 0 aromatic rings. The molecule has 1 spiro atoms. The number of carbonyl (C=O) groups is 3. The zero-order valence-corrected chi connectivity index (χ0v) is 19.8. The van der Waals surface area contributed by atoms with Crippen molar-refractivity contribution in [3.63, 3.8) is 0 Å². The Labute approximate surface area is 190 Å². The van der Waals surface area contributed by atoms with Crippen LogP contribution in [0.4, 0.5) is 0 Å². The summed E-state index contributed by atoms with van der Waals surface area (Å²) in [6.45, 7) is 8.44. The average molecular weight is 444 g/mol. The van der Waals surface area contributed by atoms with Crippen molar-refractivity contribution in [3.05, 3.63) is 11.6 Å². The van der Waals surface area contributed by atoms with Crippen molar-refractivity contribution in [3.8, 4) is 0 Å². The number of carboxylic acids is 1. The van der Waals surface area contributed by atoms with Crippen LogP contribution in [0.5, 0.6) is 0 Å². The van der Waals surface area contributed by atoms with Crippen molar-refractivity contribution in [2.75, 3.05) is 13.2 Å². The highest BCUT2D eigenvalue weighted by molar-refractivity contribution is 6.06. The number of amides is 2. The number of fused-ring (bicyclic) bond motifs is 1. The minimum atomic E-state index is -0.728. The van der Waals surface area contributed by atoms with Crippen molar-refractivity contribution in [1.29, 1.82) is 0 Å². The van der Waals surface area contributed by atoms with E-state index in [2.05, 4.69) is 26.8 Å². The van der Waals surface area contributed by atoms with Crippen molar-refractivity contribution in [1.82, 2.24) is 4.90 Å². The Bertz CT molecular complexity index is 910. The van der Waals surface area contributed by atoms with Gasteiger partial charge in [0.2, 0.25) is 11.8 Å². The number of hydrogen-bond donors (Lipinski definition) is 2. The Morgan fingerprint density at radius 2 is 1.88 bits per heavy atom. The Hall–Kier alpha value is -1.69. The van der Waals surface area contributed by atoms with Crippen LogP contribution in [0.2, 0.25) is 0 Å². The van der Waals surface area contributed by atoms with Gasteiger partial charge in [0.05, 0.1) is 30.4 Å². The molecule has 0 aromatic carbocycles. The minimum Gasteiger partial charge on any atom is -0.481 e. The number of likely N-dealkylation sites (tertiary alicyclic amines) is 1. The van der Waals surface area contributed by atoms with Crippen LogP contribution in [-0.2, 0) is 14.4 Å². The van der Waals surface area contributed by atoms with E-state index < -0.39 is 11.4 Å². The van der Waals surface area contributed by atoms with E-state index in [4.69, 9.17) is 0 Å². The molecule has 2 bridgehead atoms. The van der Waals surface area contributed by atoms with E-state index in [1.165, 1.54) is 10.5 Å². The zero-order valence-electron chi connectivity index (χ0n) is 19.8. The molecule has 0 radical (unpaired) electrons. The summed E-state index contributed by atoms with van der Waals surface area (Å²) in [7, 11) is 0. The quantitative estimate of drug-likeness (QED) is 0.512. The molecular weight excluding hydrogens is 406 g/mol. The molecule has 6 nitrogen and oxygen atoms in total. The number of aliphatic hydroxyl groups is 1. The largest absolute Gasteiger partial charge is 0.481 e. The van der Waals surface area contributed by atoms with E-state index in [0.717, 1.165) is 32.1 Å². The van der Waals surface area contributed by atoms with Gasteiger partial charge in [-0.2, -0.15) is 0 Å². The molecule has 32 heavy (non-hydrogen) atoms. The van der Waals surface area contributed by atoms with E-state index >= 15 is 0 Å². The first-order valence-corrected chi connectivity index (χ1v) is 12.4. The molecular formula is C26H37NO5. The van der Waals surface area contributed by atoms with E-state index in [-0.39, 0.29) is 65.4 Å². The summed E-state index contributed by atoms with van der Waals surface area (Å²) >= 11 is 0. The molecule has 6 rings (SSSR count). The number of hydrogen-bond acceptors (Lipinski definition) is 4. The summed E-state index contributed by atoms with van der Waals surface area (Å²) in [5.74, 6) is -0.918. The van der Waals surface area contributed by atoms with Gasteiger partial charge < -0.3 is 10.2 Å². The Morgan fingerprint density at radius 1 is 1.16 bits per heavy atom. The van der Waals surface area contributed by atoms with Gasteiger partial charge in [-0.15, -0.1) is 0 Å². The third-order valence-electron chi connectivity index (χ3n) is 10.6. The molecule has 2 N–H and O–H groups in total. The Kier molecular flexibility index (Phi) is 4.78. The van der Waals surface area contributed by atoms with Gasteiger partial charge in [-0.1, -0.05) is 38.8 Å². The molecule has 1 heterocycles. The number of rotatable bonds is 4. The smallest absolute Gasteiger partial charge is 0.309 e. The molecule has 4 fully saturated rings. The SMILES string of the molecule is CC(C)C1=C[C@@]23CC[C@H]4[C@](C)(CCC[C@@]4(C)C(=O)O)[C@H]2C[C@H]1[C@H]1C(=O)N(CCO)C(=O)[C@H]13. The van der Waals surface area contributed by atoms with Crippen molar-refractivity contribution in [2.45, 2.75) is 66.2 Å². The van der Waals surface area contributed by atoms with Crippen LogP contribution in [0, 0.1) is 51.8 Å². The van der Waals surface area contributed by atoms with Gasteiger partial charge in [0, 0.05) is 5.41 Å². The van der Waals surface area contributed by atoms with Crippen LogP contribution in [0.3, 0.4) is 0 Å². The number of carboxylic acid groups (broad SMARTS) is 1. The van der Waals surface area contributed by atoms with Crippen LogP contribution < -0.4 is 0 Å². The third-order valence-corrected chi connectivity index (χ3v) is 10.6. The predicted molar refractivity (Wildman–Crippen MR) is 118 cm³/mol. The summed E-state index contributed by atoms with van der Waals surface area (Å²) in [6, 6.07) is 0. The van der Waals surface area contributed by atoms with Crippen molar-refractivity contribution in [2.24, 2.45) is 51.8 Å².